The molecule has 0 saturated heterocycles. The molecule has 8 nitrogen and oxygen atoms in total. The number of nitrogens with one attached hydrogen (secondary N) is 2. The molecule has 0 aliphatic rings. The molecule has 2 amide bonds. The van der Waals surface area contributed by atoms with E-state index in [0.29, 0.717) is 45.3 Å². The SMILES string of the molecule is [CH2]CC(=O)Nc1cccc(-c2cc(-c3ccc(C)cc3OCOCC)nc(NC(=O)c3cccs3)c2C#N)c1. The van der Waals surface area contributed by atoms with E-state index in [2.05, 4.69) is 23.6 Å². The third-order valence-corrected chi connectivity index (χ3v) is 6.58. The monoisotopic (exact) mass is 539 g/mol. The van der Waals surface area contributed by atoms with Crippen LogP contribution >= 0.6 is 11.3 Å². The summed E-state index contributed by atoms with van der Waals surface area (Å²) in [6.07, 6.45) is 0.0872. The van der Waals surface area contributed by atoms with Gasteiger partial charge in [-0.05, 0) is 73.7 Å². The summed E-state index contributed by atoms with van der Waals surface area (Å²) >= 11 is 1.29. The summed E-state index contributed by atoms with van der Waals surface area (Å²) in [5, 5.41) is 17.6. The Labute approximate surface area is 231 Å². The van der Waals surface area contributed by atoms with Gasteiger partial charge in [0.2, 0.25) is 5.91 Å². The first-order valence-electron chi connectivity index (χ1n) is 12.2. The maximum atomic E-state index is 13.0. The third kappa shape index (κ3) is 6.68. The number of ether oxygens (including phenoxy) is 2. The highest BCUT2D eigenvalue weighted by Crippen LogP contribution is 2.37. The number of nitrogens with zero attached hydrogens (tertiary/aromatic N) is 2. The van der Waals surface area contributed by atoms with Crippen molar-refractivity contribution in [2.75, 3.05) is 24.0 Å². The molecule has 2 aromatic carbocycles. The van der Waals surface area contributed by atoms with E-state index in [1.54, 1.807) is 41.8 Å². The fourth-order valence-corrected chi connectivity index (χ4v) is 4.45. The second kappa shape index (κ2) is 12.8. The van der Waals surface area contributed by atoms with Crippen LogP contribution in [0.4, 0.5) is 11.5 Å². The molecule has 39 heavy (non-hydrogen) atoms. The van der Waals surface area contributed by atoms with Gasteiger partial charge in [0.1, 0.15) is 17.4 Å². The van der Waals surface area contributed by atoms with Gasteiger partial charge in [0.25, 0.3) is 5.91 Å². The number of hydrogen-bond donors (Lipinski definition) is 2. The van der Waals surface area contributed by atoms with E-state index in [0.717, 1.165) is 5.56 Å². The van der Waals surface area contributed by atoms with Crippen molar-refractivity contribution in [1.82, 2.24) is 4.98 Å². The Hall–Kier alpha value is -4.52. The maximum absolute atomic E-state index is 13.0. The number of carbonyl (C=O) groups is 2. The number of aromatic nitrogens is 1. The fourth-order valence-electron chi connectivity index (χ4n) is 3.83. The van der Waals surface area contributed by atoms with Crippen LogP contribution < -0.4 is 15.4 Å². The average molecular weight is 540 g/mol. The molecular weight excluding hydrogens is 512 g/mol. The van der Waals surface area contributed by atoms with Crippen LogP contribution in [0.1, 0.15) is 34.1 Å². The summed E-state index contributed by atoms with van der Waals surface area (Å²) < 4.78 is 11.3. The van der Waals surface area contributed by atoms with Crippen molar-refractivity contribution < 1.29 is 19.1 Å². The minimum Gasteiger partial charge on any atom is -0.467 e. The van der Waals surface area contributed by atoms with Crippen molar-refractivity contribution in [2.24, 2.45) is 0 Å². The number of hydrogen-bond acceptors (Lipinski definition) is 7. The van der Waals surface area contributed by atoms with Gasteiger partial charge >= 0.3 is 0 Å². The van der Waals surface area contributed by atoms with Gasteiger partial charge in [-0.2, -0.15) is 5.26 Å². The molecule has 0 fully saturated rings. The Balaban J connectivity index is 1.88. The van der Waals surface area contributed by atoms with Gasteiger partial charge in [-0.25, -0.2) is 4.98 Å². The summed E-state index contributed by atoms with van der Waals surface area (Å²) in [5.41, 5.74) is 4.08. The number of rotatable bonds is 10. The van der Waals surface area contributed by atoms with E-state index >= 15 is 0 Å². The normalized spacial score (nSPS) is 10.5. The Bertz CT molecular complexity index is 1530. The lowest BCUT2D eigenvalue weighted by atomic mass is 9.97. The first kappa shape index (κ1) is 27.5. The van der Waals surface area contributed by atoms with E-state index < -0.39 is 0 Å². The van der Waals surface area contributed by atoms with Crippen LogP contribution in [0.3, 0.4) is 0 Å². The lowest BCUT2D eigenvalue weighted by Gasteiger charge is -2.16. The van der Waals surface area contributed by atoms with Crippen LogP contribution in [0.5, 0.6) is 5.75 Å². The Kier molecular flexibility index (Phi) is 9.05. The molecule has 1 radical (unpaired) electrons. The molecule has 0 spiro atoms. The van der Waals surface area contributed by atoms with Crippen LogP contribution in [0.15, 0.2) is 66.0 Å². The highest BCUT2D eigenvalue weighted by Gasteiger charge is 2.20. The number of benzene rings is 2. The topological polar surface area (TPSA) is 113 Å². The number of aryl methyl sites for hydroxylation is 1. The van der Waals surface area contributed by atoms with Crippen LogP contribution in [0, 0.1) is 25.2 Å². The number of nitriles is 1. The largest absolute Gasteiger partial charge is 0.467 e. The molecule has 0 aliphatic heterocycles. The molecule has 0 unspecified atom stereocenters. The molecule has 9 heteroatoms. The van der Waals surface area contributed by atoms with E-state index in [-0.39, 0.29) is 36.4 Å². The van der Waals surface area contributed by atoms with E-state index in [9.17, 15) is 14.9 Å². The molecule has 4 rings (SSSR count). The van der Waals surface area contributed by atoms with Gasteiger partial charge < -0.3 is 20.1 Å². The van der Waals surface area contributed by atoms with Gasteiger partial charge in [0.05, 0.1) is 10.6 Å². The highest BCUT2D eigenvalue weighted by atomic mass is 32.1. The van der Waals surface area contributed by atoms with Crippen molar-refractivity contribution in [2.45, 2.75) is 20.3 Å². The van der Waals surface area contributed by atoms with Gasteiger partial charge in [-0.3, -0.25) is 9.59 Å². The number of anilines is 2. The number of thiophene rings is 1. The summed E-state index contributed by atoms with van der Waals surface area (Å²) in [6.45, 7) is 8.01. The zero-order valence-corrected chi connectivity index (χ0v) is 22.4. The van der Waals surface area contributed by atoms with Gasteiger partial charge in [0.15, 0.2) is 12.6 Å². The molecule has 0 aliphatic carbocycles. The lowest BCUT2D eigenvalue weighted by Crippen LogP contribution is -2.14. The zero-order chi connectivity index (χ0) is 27.8. The third-order valence-electron chi connectivity index (χ3n) is 5.71. The number of pyridine rings is 1. The van der Waals surface area contributed by atoms with Gasteiger partial charge in [-0.15, -0.1) is 11.3 Å². The summed E-state index contributed by atoms with van der Waals surface area (Å²) in [6, 6.07) is 20.3. The smallest absolute Gasteiger partial charge is 0.266 e. The van der Waals surface area contributed by atoms with Crippen molar-refractivity contribution in [1.29, 1.82) is 5.26 Å². The molecule has 197 valence electrons. The Morgan fingerprint density at radius 1 is 1.08 bits per heavy atom. The van der Waals surface area contributed by atoms with Crippen molar-refractivity contribution >= 4 is 34.7 Å². The maximum Gasteiger partial charge on any atom is 0.266 e. The number of amides is 2. The van der Waals surface area contributed by atoms with E-state index in [1.807, 2.05) is 38.1 Å². The Morgan fingerprint density at radius 2 is 1.92 bits per heavy atom. The Morgan fingerprint density at radius 3 is 2.64 bits per heavy atom. The standard InChI is InChI=1S/C30H27N4O4S/c1-4-28(35)32-21-9-6-8-20(15-21)23-16-25(22-12-11-19(3)14-26(22)38-18-37-5-2)33-29(24(23)17-31)34-30(36)27-10-7-13-39-27/h6-16H,1,4-5,18H2,2-3H3,(H,32,35)(H,33,34,36). The first-order valence-corrected chi connectivity index (χ1v) is 13.1. The van der Waals surface area contributed by atoms with Crippen LogP contribution in [0.2, 0.25) is 0 Å². The summed E-state index contributed by atoms with van der Waals surface area (Å²) in [7, 11) is 0. The van der Waals surface area contributed by atoms with E-state index in [1.165, 1.54) is 11.3 Å². The van der Waals surface area contributed by atoms with Crippen molar-refractivity contribution in [3.63, 3.8) is 0 Å². The predicted octanol–water partition coefficient (Wildman–Crippen LogP) is 6.44. The molecule has 2 N–H and O–H groups in total. The minimum absolute atomic E-state index is 0.0616. The second-order valence-electron chi connectivity index (χ2n) is 8.46. The van der Waals surface area contributed by atoms with Crippen LogP contribution in [-0.2, 0) is 9.53 Å². The van der Waals surface area contributed by atoms with Gasteiger partial charge in [0, 0.05) is 29.8 Å². The van der Waals surface area contributed by atoms with Crippen LogP contribution in [-0.4, -0.2) is 30.2 Å². The number of carbonyl (C=O) groups excluding carboxylic acids is 2. The van der Waals surface area contributed by atoms with Crippen molar-refractivity contribution in [3.8, 4) is 34.2 Å². The van der Waals surface area contributed by atoms with Crippen molar-refractivity contribution in [3.05, 3.63) is 89.0 Å². The molecule has 0 saturated carbocycles. The highest BCUT2D eigenvalue weighted by molar-refractivity contribution is 7.12. The molecule has 0 atom stereocenters. The summed E-state index contributed by atoms with van der Waals surface area (Å²) in [5.74, 6) is 0.0681. The van der Waals surface area contributed by atoms with Crippen LogP contribution in [0.25, 0.3) is 22.4 Å². The molecule has 2 aromatic heterocycles. The second-order valence-corrected chi connectivity index (χ2v) is 9.40. The first-order chi connectivity index (χ1) is 18.9. The minimum atomic E-state index is -0.370. The molecule has 4 aromatic rings. The molecular formula is C30H27N4O4S. The molecule has 2 heterocycles. The van der Waals surface area contributed by atoms with Gasteiger partial charge in [-0.1, -0.05) is 24.3 Å². The fraction of sp³-hybridized carbons (Fsp3) is 0.167. The average Bonchev–Trinajstić information content (AvgIpc) is 3.48. The summed E-state index contributed by atoms with van der Waals surface area (Å²) in [4.78, 5) is 30.1. The molecule has 0 bridgehead atoms. The predicted molar refractivity (Wildman–Crippen MR) is 153 cm³/mol. The zero-order valence-electron chi connectivity index (χ0n) is 21.6. The quantitative estimate of drug-likeness (QED) is 0.177. The van der Waals surface area contributed by atoms with E-state index in [4.69, 9.17) is 14.5 Å². The lowest BCUT2D eigenvalue weighted by molar-refractivity contribution is -0.115.